The summed E-state index contributed by atoms with van der Waals surface area (Å²) in [5.41, 5.74) is 3.64. The molecule has 0 aliphatic rings. The summed E-state index contributed by atoms with van der Waals surface area (Å²) < 4.78 is 37.6. The largest absolute Gasteiger partial charge is 0.416 e. The Bertz CT molecular complexity index is 1030. The molecule has 0 aliphatic heterocycles. The number of hydrogen-bond donors (Lipinski definition) is 0. The first-order chi connectivity index (χ1) is 12.9. The SMILES string of the molecule is Cc1ccc(C#Cc2ccc(C#Cc3ccc(C(F)(F)F)cc3)cc2)cc1. The molecule has 0 radical (unpaired) electrons. The van der Waals surface area contributed by atoms with E-state index < -0.39 is 11.7 Å². The lowest BCUT2D eigenvalue weighted by atomic mass is 10.1. The van der Waals surface area contributed by atoms with Crippen LogP contribution in [0.4, 0.5) is 13.2 Å². The molecule has 0 fully saturated rings. The molecule has 3 heteroatoms. The Morgan fingerprint density at radius 2 is 0.815 bits per heavy atom. The summed E-state index contributed by atoms with van der Waals surface area (Å²) in [4.78, 5) is 0. The molecular weight excluding hydrogens is 345 g/mol. The van der Waals surface area contributed by atoms with Crippen LogP contribution >= 0.6 is 0 Å². The highest BCUT2D eigenvalue weighted by atomic mass is 19.4. The van der Waals surface area contributed by atoms with Gasteiger partial charge in [0.1, 0.15) is 0 Å². The number of benzene rings is 3. The van der Waals surface area contributed by atoms with Crippen LogP contribution in [0.2, 0.25) is 0 Å². The van der Waals surface area contributed by atoms with Crippen molar-refractivity contribution in [3.05, 3.63) is 106 Å². The first-order valence-electron chi connectivity index (χ1n) is 8.28. The number of aryl methyl sites for hydroxylation is 1. The van der Waals surface area contributed by atoms with Gasteiger partial charge in [0.15, 0.2) is 0 Å². The Morgan fingerprint density at radius 3 is 1.15 bits per heavy atom. The third kappa shape index (κ3) is 5.27. The molecule has 0 atom stereocenters. The fraction of sp³-hybridized carbons (Fsp3) is 0.0833. The van der Waals surface area contributed by atoms with Crippen molar-refractivity contribution in [2.75, 3.05) is 0 Å². The molecule has 27 heavy (non-hydrogen) atoms. The minimum Gasteiger partial charge on any atom is -0.166 e. The molecule has 0 aromatic heterocycles. The third-order valence-electron chi connectivity index (χ3n) is 3.85. The second kappa shape index (κ2) is 7.85. The van der Waals surface area contributed by atoms with Crippen LogP contribution in [-0.4, -0.2) is 0 Å². The Balaban J connectivity index is 1.70. The van der Waals surface area contributed by atoms with Crippen molar-refractivity contribution >= 4 is 0 Å². The highest BCUT2D eigenvalue weighted by Gasteiger charge is 2.29. The monoisotopic (exact) mass is 360 g/mol. The molecule has 0 spiro atoms. The van der Waals surface area contributed by atoms with Gasteiger partial charge in [-0.05, 0) is 67.6 Å². The zero-order valence-electron chi connectivity index (χ0n) is 14.6. The van der Waals surface area contributed by atoms with E-state index in [4.69, 9.17) is 0 Å². The van der Waals surface area contributed by atoms with E-state index in [0.29, 0.717) is 5.56 Å². The summed E-state index contributed by atoms with van der Waals surface area (Å²) in [6.45, 7) is 2.03. The minimum absolute atomic E-state index is 0.534. The molecule has 0 aliphatic carbocycles. The van der Waals surface area contributed by atoms with E-state index in [-0.39, 0.29) is 0 Å². The topological polar surface area (TPSA) is 0 Å². The van der Waals surface area contributed by atoms with Crippen molar-refractivity contribution < 1.29 is 13.2 Å². The van der Waals surface area contributed by atoms with Gasteiger partial charge in [0.2, 0.25) is 0 Å². The number of alkyl halides is 3. The molecule has 3 aromatic carbocycles. The highest BCUT2D eigenvalue weighted by Crippen LogP contribution is 2.28. The molecule has 0 amide bonds. The summed E-state index contributed by atoms with van der Waals surface area (Å²) >= 11 is 0. The standard InChI is InChI=1S/C24H15F3/c1-18-2-4-19(5-3-18)6-7-20-8-10-21(11-9-20)12-13-22-14-16-23(17-15-22)24(25,26)27/h2-5,8-11,14-17H,1H3. The molecular formula is C24H15F3. The molecule has 0 saturated heterocycles. The van der Waals surface area contributed by atoms with Crippen LogP contribution in [0.3, 0.4) is 0 Å². The predicted molar refractivity (Wildman–Crippen MR) is 101 cm³/mol. The maximum atomic E-state index is 12.5. The molecule has 0 saturated carbocycles. The van der Waals surface area contributed by atoms with Crippen molar-refractivity contribution in [3.8, 4) is 23.7 Å². The van der Waals surface area contributed by atoms with Gasteiger partial charge < -0.3 is 0 Å². The summed E-state index contributed by atoms with van der Waals surface area (Å²) in [6, 6.07) is 20.2. The second-order valence-corrected chi connectivity index (χ2v) is 6.02. The zero-order chi connectivity index (χ0) is 19.3. The number of hydrogen-bond acceptors (Lipinski definition) is 0. The van der Waals surface area contributed by atoms with Gasteiger partial charge in [-0.25, -0.2) is 0 Å². The van der Waals surface area contributed by atoms with Crippen LogP contribution in [0.25, 0.3) is 0 Å². The van der Waals surface area contributed by atoms with Gasteiger partial charge in [-0.1, -0.05) is 41.4 Å². The second-order valence-electron chi connectivity index (χ2n) is 6.02. The lowest BCUT2D eigenvalue weighted by Crippen LogP contribution is -2.04. The number of rotatable bonds is 0. The lowest BCUT2D eigenvalue weighted by molar-refractivity contribution is -0.137. The van der Waals surface area contributed by atoms with Crippen LogP contribution in [-0.2, 0) is 6.18 Å². The molecule has 0 unspecified atom stereocenters. The van der Waals surface area contributed by atoms with Gasteiger partial charge in [0.05, 0.1) is 5.56 Å². The van der Waals surface area contributed by atoms with E-state index in [1.165, 1.54) is 17.7 Å². The first-order valence-corrected chi connectivity index (χ1v) is 8.28. The maximum Gasteiger partial charge on any atom is 0.416 e. The third-order valence-corrected chi connectivity index (χ3v) is 3.85. The lowest BCUT2D eigenvalue weighted by Gasteiger charge is -2.05. The maximum absolute atomic E-state index is 12.5. The van der Waals surface area contributed by atoms with E-state index >= 15 is 0 Å². The van der Waals surface area contributed by atoms with Crippen LogP contribution < -0.4 is 0 Å². The minimum atomic E-state index is -4.33. The molecule has 3 aromatic rings. The van der Waals surface area contributed by atoms with E-state index in [1.54, 1.807) is 0 Å². The van der Waals surface area contributed by atoms with Crippen molar-refractivity contribution in [2.45, 2.75) is 13.1 Å². The van der Waals surface area contributed by atoms with Gasteiger partial charge in [-0.2, -0.15) is 13.2 Å². The fourth-order valence-electron chi connectivity index (χ4n) is 2.31. The normalized spacial score (nSPS) is 10.4. The summed E-state index contributed by atoms with van der Waals surface area (Å²) in [5.74, 6) is 12.0. The summed E-state index contributed by atoms with van der Waals surface area (Å²) in [6.07, 6.45) is -4.33. The Morgan fingerprint density at radius 1 is 0.519 bits per heavy atom. The first kappa shape index (κ1) is 18.4. The van der Waals surface area contributed by atoms with Crippen molar-refractivity contribution in [2.24, 2.45) is 0 Å². The summed E-state index contributed by atoms with van der Waals surface area (Å²) in [7, 11) is 0. The number of halogens is 3. The zero-order valence-corrected chi connectivity index (χ0v) is 14.6. The van der Waals surface area contributed by atoms with Gasteiger partial charge in [0, 0.05) is 22.3 Å². The average molecular weight is 360 g/mol. The van der Waals surface area contributed by atoms with Crippen molar-refractivity contribution in [1.29, 1.82) is 0 Å². The van der Waals surface area contributed by atoms with E-state index in [9.17, 15) is 13.2 Å². The van der Waals surface area contributed by atoms with Crippen LogP contribution in [0.1, 0.15) is 33.4 Å². The quantitative estimate of drug-likeness (QED) is 0.444. The van der Waals surface area contributed by atoms with Gasteiger partial charge in [-0.3, -0.25) is 0 Å². The van der Waals surface area contributed by atoms with E-state index in [1.807, 2.05) is 55.5 Å². The highest BCUT2D eigenvalue weighted by molar-refractivity contribution is 5.48. The van der Waals surface area contributed by atoms with E-state index in [0.717, 1.165) is 28.8 Å². The van der Waals surface area contributed by atoms with E-state index in [2.05, 4.69) is 23.7 Å². The van der Waals surface area contributed by atoms with Crippen LogP contribution in [0.5, 0.6) is 0 Å². The molecule has 0 N–H and O–H groups in total. The van der Waals surface area contributed by atoms with Gasteiger partial charge in [0.25, 0.3) is 0 Å². The molecule has 3 rings (SSSR count). The average Bonchev–Trinajstić information content (AvgIpc) is 2.66. The van der Waals surface area contributed by atoms with Crippen molar-refractivity contribution in [3.63, 3.8) is 0 Å². The van der Waals surface area contributed by atoms with Gasteiger partial charge in [-0.15, -0.1) is 0 Å². The van der Waals surface area contributed by atoms with Crippen molar-refractivity contribution in [1.82, 2.24) is 0 Å². The van der Waals surface area contributed by atoms with Crippen LogP contribution in [0, 0.1) is 30.6 Å². The molecule has 0 nitrogen and oxygen atoms in total. The fourth-order valence-corrected chi connectivity index (χ4v) is 2.31. The predicted octanol–water partition coefficient (Wildman–Crippen LogP) is 5.81. The Labute approximate surface area is 156 Å². The smallest absolute Gasteiger partial charge is 0.166 e. The van der Waals surface area contributed by atoms with Gasteiger partial charge >= 0.3 is 6.18 Å². The Kier molecular flexibility index (Phi) is 5.34. The molecule has 0 heterocycles. The summed E-state index contributed by atoms with van der Waals surface area (Å²) in [5, 5.41) is 0. The Hall–Kier alpha value is -3.43. The molecule has 132 valence electrons. The van der Waals surface area contributed by atoms with Crippen LogP contribution in [0.15, 0.2) is 72.8 Å². The molecule has 0 bridgehead atoms.